The van der Waals surface area contributed by atoms with E-state index in [1.807, 2.05) is 4.90 Å². The molecule has 0 radical (unpaired) electrons. The molecule has 1 aromatic heterocycles. The van der Waals surface area contributed by atoms with E-state index in [2.05, 4.69) is 4.98 Å². The maximum absolute atomic E-state index is 11.1. The van der Waals surface area contributed by atoms with Crippen LogP contribution in [0.3, 0.4) is 0 Å². The van der Waals surface area contributed by atoms with Gasteiger partial charge < -0.3 is 15.1 Å². The number of anilines is 1. The number of hydrogen-bond acceptors (Lipinski definition) is 7. The fourth-order valence-corrected chi connectivity index (χ4v) is 1.94. The predicted molar refractivity (Wildman–Crippen MR) is 93.1 cm³/mol. The highest BCUT2D eigenvalue weighted by atomic mass is 35.5. The zero-order valence-corrected chi connectivity index (χ0v) is 15.0. The third-order valence-corrected chi connectivity index (χ3v) is 2.98. The summed E-state index contributed by atoms with van der Waals surface area (Å²) in [7, 11) is -3.67. The molecule has 24 heavy (non-hydrogen) atoms. The zero-order valence-electron chi connectivity index (χ0n) is 13.4. The normalized spacial score (nSPS) is 11.0. The summed E-state index contributed by atoms with van der Waals surface area (Å²) in [6.07, 6.45) is 1.16. The number of fused-ring (bicyclic) bond motifs is 1. The molecule has 3 N–H and O–H groups in total. The van der Waals surface area contributed by atoms with Gasteiger partial charge in [-0.1, -0.05) is 11.6 Å². The molecule has 0 aliphatic heterocycles. The van der Waals surface area contributed by atoms with E-state index in [0.29, 0.717) is 54.4 Å². The van der Waals surface area contributed by atoms with E-state index in [9.17, 15) is 13.2 Å². The molecule has 10 heteroatoms. The van der Waals surface area contributed by atoms with Crippen LogP contribution in [0.25, 0.3) is 11.1 Å². The molecule has 134 valence electrons. The maximum Gasteiger partial charge on any atom is 0.298 e. The summed E-state index contributed by atoms with van der Waals surface area (Å²) in [5.41, 5.74) is 6.95. The Morgan fingerprint density at radius 1 is 1.42 bits per heavy atom. The molecule has 2 rings (SSSR count). The molecule has 0 saturated heterocycles. The van der Waals surface area contributed by atoms with Crippen molar-refractivity contribution in [3.05, 3.63) is 23.2 Å². The predicted octanol–water partition coefficient (Wildman–Crippen LogP) is 1.73. The lowest BCUT2D eigenvalue weighted by Crippen LogP contribution is -2.31. The van der Waals surface area contributed by atoms with Gasteiger partial charge in [-0.2, -0.15) is 13.4 Å². The third kappa shape index (κ3) is 7.73. The van der Waals surface area contributed by atoms with E-state index < -0.39 is 10.1 Å². The minimum absolute atomic E-state index is 0.126. The van der Waals surface area contributed by atoms with E-state index in [0.717, 1.165) is 0 Å². The average molecular weight is 378 g/mol. The van der Waals surface area contributed by atoms with E-state index in [-0.39, 0.29) is 5.78 Å². The molecule has 1 aromatic carbocycles. The Hall–Kier alpha value is -1.68. The first-order chi connectivity index (χ1) is 11.1. The summed E-state index contributed by atoms with van der Waals surface area (Å²) in [4.78, 5) is 17.3. The Bertz CT molecular complexity index is 783. The molecular weight excluding hydrogens is 358 g/mol. The van der Waals surface area contributed by atoms with Crippen LogP contribution in [0.5, 0.6) is 0 Å². The molecule has 0 atom stereocenters. The van der Waals surface area contributed by atoms with Crippen molar-refractivity contribution < 1.29 is 22.2 Å². The third-order valence-electron chi connectivity index (χ3n) is 2.74. The molecule has 1 heterocycles. The van der Waals surface area contributed by atoms with Gasteiger partial charge in [-0.25, -0.2) is 0 Å². The van der Waals surface area contributed by atoms with Crippen LogP contribution in [0, 0.1) is 0 Å². The van der Waals surface area contributed by atoms with Crippen LogP contribution in [0.4, 0.5) is 6.01 Å². The monoisotopic (exact) mass is 377 g/mol. The summed E-state index contributed by atoms with van der Waals surface area (Å²) < 4.78 is 31.5. The summed E-state index contributed by atoms with van der Waals surface area (Å²) in [5.74, 6) is 0.126. The summed E-state index contributed by atoms with van der Waals surface area (Å²) in [6, 6.07) is 5.75. The van der Waals surface area contributed by atoms with Crippen LogP contribution >= 0.6 is 11.6 Å². The van der Waals surface area contributed by atoms with Gasteiger partial charge in [0.25, 0.3) is 16.1 Å². The van der Waals surface area contributed by atoms with Crippen molar-refractivity contribution in [3.8, 4) is 0 Å². The van der Waals surface area contributed by atoms with Crippen molar-refractivity contribution >= 4 is 44.6 Å². The average Bonchev–Trinajstić information content (AvgIpc) is 2.84. The first-order valence-corrected chi connectivity index (χ1v) is 9.25. The second-order valence-corrected chi connectivity index (χ2v) is 6.97. The Morgan fingerprint density at radius 2 is 2.04 bits per heavy atom. The number of rotatable bonds is 6. The van der Waals surface area contributed by atoms with Crippen LogP contribution in [0.1, 0.15) is 13.3 Å². The lowest BCUT2D eigenvalue weighted by atomic mass is 10.3. The second-order valence-electron chi connectivity index (χ2n) is 5.07. The van der Waals surface area contributed by atoms with Crippen LogP contribution < -0.4 is 10.6 Å². The fourth-order valence-electron chi connectivity index (χ4n) is 1.78. The number of aromatic nitrogens is 1. The first-order valence-electron chi connectivity index (χ1n) is 7.03. The maximum atomic E-state index is 11.1. The van der Waals surface area contributed by atoms with Gasteiger partial charge in [0.05, 0.1) is 6.26 Å². The minimum atomic E-state index is -3.67. The molecule has 0 fully saturated rings. The van der Waals surface area contributed by atoms with Gasteiger partial charge in [0.15, 0.2) is 5.58 Å². The number of oxazole rings is 1. The lowest BCUT2D eigenvalue weighted by molar-refractivity contribution is -0.116. The molecule has 0 spiro atoms. The SMILES string of the molecule is CC(=O)CCN(CCN)c1nc2cc(Cl)ccc2o1.CS(=O)(=O)O. The van der Waals surface area contributed by atoms with Crippen molar-refractivity contribution in [2.45, 2.75) is 13.3 Å². The Kier molecular flexibility index (Phi) is 7.61. The molecular formula is C14H20ClN3O5S. The van der Waals surface area contributed by atoms with Crippen LogP contribution in [-0.4, -0.2) is 49.6 Å². The molecule has 8 nitrogen and oxygen atoms in total. The number of nitrogens with two attached hydrogens (primary N) is 1. The Morgan fingerprint density at radius 3 is 2.58 bits per heavy atom. The number of hydrogen-bond donors (Lipinski definition) is 2. The molecule has 0 aliphatic carbocycles. The lowest BCUT2D eigenvalue weighted by Gasteiger charge is -2.18. The highest BCUT2D eigenvalue weighted by Crippen LogP contribution is 2.24. The number of carbonyl (C=O) groups is 1. The van der Waals surface area contributed by atoms with Crippen LogP contribution in [0.15, 0.2) is 22.6 Å². The summed E-state index contributed by atoms with van der Waals surface area (Å²) >= 11 is 5.91. The van der Waals surface area contributed by atoms with Crippen molar-refractivity contribution in [2.75, 3.05) is 30.8 Å². The van der Waals surface area contributed by atoms with Gasteiger partial charge in [-0.05, 0) is 25.1 Å². The van der Waals surface area contributed by atoms with Gasteiger partial charge in [0, 0.05) is 31.1 Å². The van der Waals surface area contributed by atoms with Gasteiger partial charge >= 0.3 is 0 Å². The number of benzene rings is 1. The Labute approximate surface area is 145 Å². The van der Waals surface area contributed by atoms with Crippen molar-refractivity contribution in [3.63, 3.8) is 0 Å². The molecule has 2 aromatic rings. The highest BCUT2D eigenvalue weighted by Gasteiger charge is 2.14. The smallest absolute Gasteiger partial charge is 0.298 e. The molecule has 0 amide bonds. The van der Waals surface area contributed by atoms with Gasteiger partial charge in [-0.3, -0.25) is 9.35 Å². The quantitative estimate of drug-likeness (QED) is 0.728. The molecule has 0 unspecified atom stereocenters. The van der Waals surface area contributed by atoms with E-state index in [1.165, 1.54) is 0 Å². The number of halogens is 1. The molecule has 0 bridgehead atoms. The van der Waals surface area contributed by atoms with Crippen molar-refractivity contribution in [2.24, 2.45) is 5.73 Å². The van der Waals surface area contributed by atoms with Gasteiger partial charge in [0.2, 0.25) is 0 Å². The Balaban J connectivity index is 0.000000505. The van der Waals surface area contributed by atoms with E-state index in [4.69, 9.17) is 26.3 Å². The summed E-state index contributed by atoms with van der Waals surface area (Å²) in [5, 5.41) is 0.612. The molecule has 0 aliphatic rings. The van der Waals surface area contributed by atoms with E-state index >= 15 is 0 Å². The van der Waals surface area contributed by atoms with Crippen LogP contribution in [0.2, 0.25) is 5.02 Å². The van der Waals surface area contributed by atoms with Gasteiger partial charge in [0.1, 0.15) is 11.3 Å². The topological polar surface area (TPSA) is 127 Å². The number of nitrogens with zero attached hydrogens (tertiary/aromatic N) is 2. The minimum Gasteiger partial charge on any atom is -0.423 e. The molecule has 0 saturated carbocycles. The standard InChI is InChI=1S/C13H16ClN3O2.CH4O3S/c1-9(18)4-6-17(7-5-15)13-16-11-8-10(14)2-3-12(11)19-13;1-5(2,3)4/h2-3,8H,4-7,15H2,1H3;1H3,(H,2,3,4). The number of Topliss-reactive ketones (excluding diaryl/α,β-unsaturated/α-hetero) is 1. The van der Waals surface area contributed by atoms with Crippen molar-refractivity contribution in [1.29, 1.82) is 0 Å². The van der Waals surface area contributed by atoms with E-state index in [1.54, 1.807) is 25.1 Å². The highest BCUT2D eigenvalue weighted by molar-refractivity contribution is 7.85. The fraction of sp³-hybridized carbons (Fsp3) is 0.429. The van der Waals surface area contributed by atoms with Crippen molar-refractivity contribution in [1.82, 2.24) is 4.98 Å². The van der Waals surface area contributed by atoms with Crippen LogP contribution in [-0.2, 0) is 14.9 Å². The number of carbonyl (C=O) groups excluding carboxylic acids is 1. The number of ketones is 1. The summed E-state index contributed by atoms with van der Waals surface area (Å²) in [6.45, 7) is 3.17. The second kappa shape index (κ2) is 8.97. The van der Waals surface area contributed by atoms with Gasteiger partial charge in [-0.15, -0.1) is 0 Å². The zero-order chi connectivity index (χ0) is 18.3. The largest absolute Gasteiger partial charge is 0.423 e. The first kappa shape index (κ1) is 20.4.